The number of ether oxygens (including phenoxy) is 2. The molecular weight excluding hydrogens is 356 g/mol. The number of nitrogens with zero attached hydrogens (tertiary/aromatic N) is 1. The summed E-state index contributed by atoms with van der Waals surface area (Å²) in [4.78, 5) is 13.6. The molecule has 1 N–H and O–H groups in total. The average molecular weight is 376 g/mol. The van der Waals surface area contributed by atoms with E-state index in [1.165, 1.54) is 7.11 Å². The molecule has 0 radical (unpaired) electrons. The minimum Gasteiger partial charge on any atom is -0.495 e. The normalized spacial score (nSPS) is 15.0. The van der Waals surface area contributed by atoms with Gasteiger partial charge in [0.15, 0.2) is 0 Å². The lowest BCUT2D eigenvalue weighted by Crippen LogP contribution is -2.41. The van der Waals surface area contributed by atoms with Crippen LogP contribution in [0.4, 0.5) is 11.4 Å². The Bertz CT molecular complexity index is 910. The predicted octanol–water partition coefficient (Wildman–Crippen LogP) is 2.17. The summed E-state index contributed by atoms with van der Waals surface area (Å²) >= 11 is 0. The highest BCUT2D eigenvalue weighted by Gasteiger charge is 2.22. The van der Waals surface area contributed by atoms with Gasteiger partial charge in [0, 0.05) is 17.9 Å². The Kier molecular flexibility index (Phi) is 5.15. The van der Waals surface area contributed by atoms with E-state index in [9.17, 15) is 13.2 Å². The maximum Gasteiger partial charge on any atom is 0.265 e. The minimum absolute atomic E-state index is 0.0571. The van der Waals surface area contributed by atoms with Crippen LogP contribution in [0.3, 0.4) is 0 Å². The highest BCUT2D eigenvalue weighted by Crippen LogP contribution is 2.27. The molecular formula is C18H20N2O5S. The first kappa shape index (κ1) is 18.2. The molecule has 1 fully saturated rings. The standard InChI is InChI=1S/C18H20N2O5S/c1-13-3-8-16(24-2)17(11-13)26(22,23)19-14-4-6-15(7-5-14)20-9-10-25-12-18(20)21/h3-8,11,19H,9-10,12H2,1-2H3. The summed E-state index contributed by atoms with van der Waals surface area (Å²) in [6.07, 6.45) is 0. The Morgan fingerprint density at radius 1 is 1.15 bits per heavy atom. The van der Waals surface area contributed by atoms with Crippen molar-refractivity contribution in [3.05, 3.63) is 48.0 Å². The molecule has 0 unspecified atom stereocenters. The van der Waals surface area contributed by atoms with Crippen molar-refractivity contribution in [2.75, 3.05) is 36.5 Å². The van der Waals surface area contributed by atoms with Crippen LogP contribution in [0.25, 0.3) is 0 Å². The Morgan fingerprint density at radius 3 is 2.54 bits per heavy atom. The minimum atomic E-state index is -3.80. The number of hydrogen-bond donors (Lipinski definition) is 1. The lowest BCUT2D eigenvalue weighted by molar-refractivity contribution is -0.125. The van der Waals surface area contributed by atoms with Crippen molar-refractivity contribution in [3.63, 3.8) is 0 Å². The zero-order valence-corrected chi connectivity index (χ0v) is 15.4. The zero-order chi connectivity index (χ0) is 18.7. The fourth-order valence-corrected chi connectivity index (χ4v) is 4.02. The number of benzene rings is 2. The van der Waals surface area contributed by atoms with Crippen LogP contribution < -0.4 is 14.4 Å². The number of carbonyl (C=O) groups excluding carboxylic acids is 1. The molecule has 0 aromatic heterocycles. The van der Waals surface area contributed by atoms with Gasteiger partial charge in [0.1, 0.15) is 17.3 Å². The van der Waals surface area contributed by atoms with Crippen LogP contribution in [0.1, 0.15) is 5.56 Å². The third-order valence-electron chi connectivity index (χ3n) is 4.03. The first-order chi connectivity index (χ1) is 12.4. The van der Waals surface area contributed by atoms with Crippen molar-refractivity contribution < 1.29 is 22.7 Å². The van der Waals surface area contributed by atoms with Crippen LogP contribution in [0.5, 0.6) is 5.75 Å². The van der Waals surface area contributed by atoms with Gasteiger partial charge in [-0.1, -0.05) is 6.07 Å². The number of carbonyl (C=O) groups is 1. The molecule has 138 valence electrons. The number of anilines is 2. The topological polar surface area (TPSA) is 84.9 Å². The average Bonchev–Trinajstić information content (AvgIpc) is 2.63. The van der Waals surface area contributed by atoms with Crippen molar-refractivity contribution >= 4 is 27.3 Å². The Balaban J connectivity index is 1.82. The van der Waals surface area contributed by atoms with E-state index in [1.807, 2.05) is 6.92 Å². The molecule has 2 aromatic carbocycles. The molecule has 1 aliphatic rings. The van der Waals surface area contributed by atoms with E-state index >= 15 is 0 Å². The molecule has 1 amide bonds. The van der Waals surface area contributed by atoms with Crippen molar-refractivity contribution in [1.29, 1.82) is 0 Å². The molecule has 0 saturated carbocycles. The second kappa shape index (κ2) is 7.35. The van der Waals surface area contributed by atoms with E-state index in [1.54, 1.807) is 47.4 Å². The molecule has 7 nitrogen and oxygen atoms in total. The van der Waals surface area contributed by atoms with Gasteiger partial charge in [-0.15, -0.1) is 0 Å². The smallest absolute Gasteiger partial charge is 0.265 e. The number of nitrogens with one attached hydrogen (secondary N) is 1. The maximum absolute atomic E-state index is 12.7. The van der Waals surface area contributed by atoms with E-state index in [0.29, 0.717) is 24.5 Å². The molecule has 1 saturated heterocycles. The lowest BCUT2D eigenvalue weighted by Gasteiger charge is -2.27. The molecule has 26 heavy (non-hydrogen) atoms. The zero-order valence-electron chi connectivity index (χ0n) is 14.6. The number of rotatable bonds is 5. The van der Waals surface area contributed by atoms with Gasteiger partial charge in [-0.2, -0.15) is 0 Å². The lowest BCUT2D eigenvalue weighted by atomic mass is 10.2. The van der Waals surface area contributed by atoms with Crippen molar-refractivity contribution in [1.82, 2.24) is 0 Å². The van der Waals surface area contributed by atoms with Gasteiger partial charge in [0.05, 0.1) is 13.7 Å². The highest BCUT2D eigenvalue weighted by atomic mass is 32.2. The summed E-state index contributed by atoms with van der Waals surface area (Å²) in [5.74, 6) is 0.160. The van der Waals surface area contributed by atoms with Gasteiger partial charge >= 0.3 is 0 Å². The molecule has 3 rings (SSSR count). The summed E-state index contributed by atoms with van der Waals surface area (Å²) < 4.78 is 38.2. The van der Waals surface area contributed by atoms with Crippen LogP contribution in [-0.4, -0.2) is 41.2 Å². The summed E-state index contributed by atoms with van der Waals surface area (Å²) in [6, 6.07) is 11.6. The number of sulfonamides is 1. The van der Waals surface area contributed by atoms with E-state index in [2.05, 4.69) is 4.72 Å². The fraction of sp³-hybridized carbons (Fsp3) is 0.278. The second-order valence-corrected chi connectivity index (χ2v) is 7.56. The largest absolute Gasteiger partial charge is 0.495 e. The van der Waals surface area contributed by atoms with Crippen LogP contribution in [0.15, 0.2) is 47.4 Å². The van der Waals surface area contributed by atoms with E-state index < -0.39 is 10.0 Å². The van der Waals surface area contributed by atoms with Crippen molar-refractivity contribution in [2.24, 2.45) is 0 Å². The molecule has 1 heterocycles. The van der Waals surface area contributed by atoms with E-state index in [0.717, 1.165) is 5.56 Å². The number of aryl methyl sites for hydroxylation is 1. The van der Waals surface area contributed by atoms with Crippen molar-refractivity contribution in [3.8, 4) is 5.75 Å². The predicted molar refractivity (Wildman–Crippen MR) is 98.2 cm³/mol. The molecule has 2 aromatic rings. The Morgan fingerprint density at radius 2 is 1.88 bits per heavy atom. The number of amides is 1. The van der Waals surface area contributed by atoms with E-state index in [4.69, 9.17) is 9.47 Å². The third kappa shape index (κ3) is 3.81. The second-order valence-electron chi connectivity index (χ2n) is 5.90. The number of hydrogen-bond acceptors (Lipinski definition) is 5. The summed E-state index contributed by atoms with van der Waals surface area (Å²) in [5.41, 5.74) is 1.92. The first-order valence-corrected chi connectivity index (χ1v) is 9.54. The summed E-state index contributed by atoms with van der Waals surface area (Å²) in [6.45, 7) is 2.83. The molecule has 0 atom stereocenters. The van der Waals surface area contributed by atoms with Crippen molar-refractivity contribution in [2.45, 2.75) is 11.8 Å². The molecule has 1 aliphatic heterocycles. The maximum atomic E-state index is 12.7. The first-order valence-electron chi connectivity index (χ1n) is 8.06. The molecule has 0 bridgehead atoms. The molecule has 0 aliphatic carbocycles. The number of methoxy groups -OCH3 is 1. The van der Waals surface area contributed by atoms with Crippen LogP contribution >= 0.6 is 0 Å². The van der Waals surface area contributed by atoms with Gasteiger partial charge in [-0.25, -0.2) is 8.42 Å². The third-order valence-corrected chi connectivity index (χ3v) is 5.43. The van der Waals surface area contributed by atoms with Crippen LogP contribution in [0, 0.1) is 6.92 Å². The van der Waals surface area contributed by atoms with Crippen LogP contribution in [0.2, 0.25) is 0 Å². The molecule has 0 spiro atoms. The van der Waals surface area contributed by atoms with Gasteiger partial charge < -0.3 is 14.4 Å². The molecule has 8 heteroatoms. The van der Waals surface area contributed by atoms with Crippen LogP contribution in [-0.2, 0) is 19.6 Å². The van der Waals surface area contributed by atoms with Gasteiger partial charge in [0.25, 0.3) is 15.9 Å². The fourth-order valence-electron chi connectivity index (χ4n) is 2.70. The van der Waals surface area contributed by atoms with E-state index in [-0.39, 0.29) is 23.2 Å². The summed E-state index contributed by atoms with van der Waals surface area (Å²) in [7, 11) is -2.37. The Labute approximate surface area is 152 Å². The summed E-state index contributed by atoms with van der Waals surface area (Å²) in [5, 5.41) is 0. The van der Waals surface area contributed by atoms with Gasteiger partial charge in [-0.3, -0.25) is 9.52 Å². The highest BCUT2D eigenvalue weighted by molar-refractivity contribution is 7.92. The number of morpholine rings is 1. The van der Waals surface area contributed by atoms with Gasteiger partial charge in [0.2, 0.25) is 0 Å². The monoisotopic (exact) mass is 376 g/mol. The van der Waals surface area contributed by atoms with Gasteiger partial charge in [-0.05, 0) is 48.9 Å². The SMILES string of the molecule is COc1ccc(C)cc1S(=O)(=O)Nc1ccc(N2CCOCC2=O)cc1. The Hall–Kier alpha value is -2.58. The quantitative estimate of drug-likeness (QED) is 0.864.